The van der Waals surface area contributed by atoms with Crippen molar-refractivity contribution in [3.63, 3.8) is 0 Å². The fraction of sp³-hybridized carbons (Fsp3) is 0.417. The second-order valence-electron chi connectivity index (χ2n) is 8.08. The van der Waals surface area contributed by atoms with E-state index in [9.17, 15) is 9.59 Å². The number of nitrogens with one attached hydrogen (secondary N) is 3. The first kappa shape index (κ1) is 22.9. The summed E-state index contributed by atoms with van der Waals surface area (Å²) in [5.74, 6) is -1.17. The Labute approximate surface area is 183 Å². The van der Waals surface area contributed by atoms with Crippen LogP contribution in [0.4, 0.5) is 0 Å². The molecule has 0 bridgehead atoms. The predicted octanol–water partition coefficient (Wildman–Crippen LogP) is 2.73. The largest absolute Gasteiger partial charge is 0.339 e. The van der Waals surface area contributed by atoms with Crippen LogP contribution in [0, 0.1) is 0 Å². The summed E-state index contributed by atoms with van der Waals surface area (Å²) in [6, 6.07) is 15.3. The summed E-state index contributed by atoms with van der Waals surface area (Å²) in [6.07, 6.45) is 7.92. The minimum Gasteiger partial charge on any atom is -0.339 e. The van der Waals surface area contributed by atoms with Gasteiger partial charge in [0.25, 0.3) is 11.8 Å². The summed E-state index contributed by atoms with van der Waals surface area (Å²) in [5.41, 5.74) is 10.7. The smallest absolute Gasteiger partial charge is 0.267 e. The lowest BCUT2D eigenvalue weighted by molar-refractivity contribution is -0.130. The van der Waals surface area contributed by atoms with Crippen LogP contribution in [0.25, 0.3) is 11.1 Å². The first-order valence-electron chi connectivity index (χ1n) is 11.0. The number of benzene rings is 2. The van der Waals surface area contributed by atoms with E-state index in [0.717, 1.165) is 17.7 Å². The van der Waals surface area contributed by atoms with Gasteiger partial charge < -0.3 is 16.4 Å². The molecular weight excluding hydrogens is 392 g/mol. The van der Waals surface area contributed by atoms with Gasteiger partial charge in [0.05, 0.1) is 0 Å². The molecule has 0 spiro atoms. The number of nitrogens with two attached hydrogens (primary N) is 1. The van der Waals surface area contributed by atoms with Crippen molar-refractivity contribution in [3.8, 4) is 11.1 Å². The molecule has 0 saturated heterocycles. The molecule has 7 nitrogen and oxygen atoms in total. The quantitative estimate of drug-likeness (QED) is 0.254. The van der Waals surface area contributed by atoms with Gasteiger partial charge in [0.1, 0.15) is 6.04 Å². The summed E-state index contributed by atoms with van der Waals surface area (Å²) < 4.78 is 0. The van der Waals surface area contributed by atoms with E-state index < -0.39 is 17.9 Å². The number of hydrogen-bond acceptors (Lipinski definition) is 5. The number of carbonyl (C=O) groups is 2. The summed E-state index contributed by atoms with van der Waals surface area (Å²) >= 11 is 0. The van der Waals surface area contributed by atoms with Crippen molar-refractivity contribution >= 4 is 11.8 Å². The van der Waals surface area contributed by atoms with Crippen molar-refractivity contribution in [3.05, 3.63) is 59.7 Å². The van der Waals surface area contributed by atoms with E-state index in [1.54, 1.807) is 12.1 Å². The number of hydrogen-bond donors (Lipinski definition) is 5. The molecule has 31 heavy (non-hydrogen) atoms. The minimum atomic E-state index is -0.990. The first-order chi connectivity index (χ1) is 15.1. The van der Waals surface area contributed by atoms with Crippen LogP contribution in [0.15, 0.2) is 48.5 Å². The number of carbonyl (C=O) groups excluding carboxylic acids is 2. The van der Waals surface area contributed by atoms with Crippen molar-refractivity contribution in [2.75, 3.05) is 6.54 Å². The van der Waals surface area contributed by atoms with Crippen molar-refractivity contribution < 1.29 is 14.8 Å². The zero-order valence-electron chi connectivity index (χ0n) is 17.8. The second-order valence-corrected chi connectivity index (χ2v) is 8.08. The van der Waals surface area contributed by atoms with Crippen molar-refractivity contribution in [2.24, 2.45) is 5.73 Å². The standard InChI is InChI=1S/C24H32N4O3/c25-15-22(24(30)28-31)27-23(29)20-13-11-19(12-14-20)18-9-7-17(8-10-18)16-26-21-5-3-1-2-4-6-21/h7-14,21-22,26,31H,1-6,15-16,25H2,(H,27,29)(H,28,30)/t22-/m0/s1. The molecule has 0 radical (unpaired) electrons. The SMILES string of the molecule is NC[C@H](NC(=O)c1ccc(-c2ccc(CNC3CCCCCC3)cc2)cc1)C(=O)NO. The van der Waals surface area contributed by atoms with E-state index in [2.05, 4.69) is 34.9 Å². The molecule has 3 rings (SSSR count). The summed E-state index contributed by atoms with van der Waals surface area (Å²) in [6.45, 7) is 0.770. The van der Waals surface area contributed by atoms with E-state index in [0.29, 0.717) is 11.6 Å². The Morgan fingerprint density at radius 1 is 0.935 bits per heavy atom. The van der Waals surface area contributed by atoms with Gasteiger partial charge in [-0.25, -0.2) is 5.48 Å². The van der Waals surface area contributed by atoms with Gasteiger partial charge >= 0.3 is 0 Å². The van der Waals surface area contributed by atoms with Crippen LogP contribution in [0.1, 0.15) is 54.4 Å². The van der Waals surface area contributed by atoms with Crippen LogP contribution >= 0.6 is 0 Å². The Balaban J connectivity index is 1.56. The molecule has 2 amide bonds. The molecule has 7 heteroatoms. The fourth-order valence-electron chi connectivity index (χ4n) is 3.93. The predicted molar refractivity (Wildman–Crippen MR) is 120 cm³/mol. The molecule has 0 heterocycles. The Hall–Kier alpha value is -2.74. The van der Waals surface area contributed by atoms with Crippen molar-refractivity contribution in [1.82, 2.24) is 16.1 Å². The van der Waals surface area contributed by atoms with Crippen molar-refractivity contribution in [1.29, 1.82) is 0 Å². The summed E-state index contributed by atoms with van der Waals surface area (Å²) in [5, 5.41) is 14.9. The highest BCUT2D eigenvalue weighted by Crippen LogP contribution is 2.21. The molecule has 1 atom stereocenters. The Bertz CT molecular complexity index is 844. The third-order valence-electron chi connectivity index (χ3n) is 5.85. The average Bonchev–Trinajstić information content (AvgIpc) is 3.10. The first-order valence-corrected chi connectivity index (χ1v) is 11.0. The number of rotatable bonds is 8. The van der Waals surface area contributed by atoms with Crippen LogP contribution in [-0.2, 0) is 11.3 Å². The van der Waals surface area contributed by atoms with Crippen molar-refractivity contribution in [2.45, 2.75) is 57.2 Å². The molecule has 2 aromatic carbocycles. The molecule has 0 aliphatic heterocycles. The maximum atomic E-state index is 12.3. The van der Waals surface area contributed by atoms with Gasteiger partial charge in [-0.3, -0.25) is 14.8 Å². The van der Waals surface area contributed by atoms with Gasteiger partial charge in [0, 0.05) is 24.7 Å². The maximum Gasteiger partial charge on any atom is 0.267 e. The van der Waals surface area contributed by atoms with Crippen LogP contribution in [0.5, 0.6) is 0 Å². The van der Waals surface area contributed by atoms with E-state index in [1.165, 1.54) is 49.6 Å². The van der Waals surface area contributed by atoms with Crippen LogP contribution in [0.3, 0.4) is 0 Å². The second kappa shape index (κ2) is 11.6. The lowest BCUT2D eigenvalue weighted by Crippen LogP contribution is -2.50. The van der Waals surface area contributed by atoms with Gasteiger partial charge in [0.2, 0.25) is 0 Å². The third-order valence-corrected chi connectivity index (χ3v) is 5.85. The highest BCUT2D eigenvalue weighted by molar-refractivity contribution is 5.97. The van der Waals surface area contributed by atoms with Crippen LogP contribution < -0.4 is 21.8 Å². The number of hydroxylamine groups is 1. The lowest BCUT2D eigenvalue weighted by atomic mass is 10.0. The average molecular weight is 425 g/mol. The summed E-state index contributed by atoms with van der Waals surface area (Å²) in [7, 11) is 0. The monoisotopic (exact) mass is 424 g/mol. The van der Waals surface area contributed by atoms with E-state index in [-0.39, 0.29) is 6.54 Å². The molecule has 6 N–H and O–H groups in total. The zero-order valence-corrected chi connectivity index (χ0v) is 17.8. The lowest BCUT2D eigenvalue weighted by Gasteiger charge is -2.16. The third kappa shape index (κ3) is 6.62. The van der Waals surface area contributed by atoms with E-state index in [4.69, 9.17) is 10.9 Å². The molecule has 1 saturated carbocycles. The van der Waals surface area contributed by atoms with Gasteiger partial charge in [-0.1, -0.05) is 62.1 Å². The molecular formula is C24H32N4O3. The van der Waals surface area contributed by atoms with E-state index >= 15 is 0 Å². The Morgan fingerprint density at radius 2 is 1.52 bits per heavy atom. The Morgan fingerprint density at radius 3 is 2.06 bits per heavy atom. The zero-order chi connectivity index (χ0) is 22.1. The molecule has 2 aromatic rings. The fourth-order valence-corrected chi connectivity index (χ4v) is 3.93. The maximum absolute atomic E-state index is 12.3. The molecule has 0 unspecified atom stereocenters. The molecule has 166 valence electrons. The molecule has 1 aliphatic rings. The van der Waals surface area contributed by atoms with Gasteiger partial charge in [-0.15, -0.1) is 0 Å². The molecule has 0 aromatic heterocycles. The normalized spacial score (nSPS) is 15.7. The topological polar surface area (TPSA) is 116 Å². The van der Waals surface area contributed by atoms with E-state index in [1.807, 2.05) is 12.1 Å². The minimum absolute atomic E-state index is 0.113. The highest BCUT2D eigenvalue weighted by Gasteiger charge is 2.19. The van der Waals surface area contributed by atoms with Gasteiger partial charge in [-0.2, -0.15) is 0 Å². The van der Waals surface area contributed by atoms with Crippen LogP contribution in [0.2, 0.25) is 0 Å². The van der Waals surface area contributed by atoms with Gasteiger partial charge in [0.15, 0.2) is 0 Å². The molecule has 1 aliphatic carbocycles. The Kier molecular flexibility index (Phi) is 8.58. The summed E-state index contributed by atoms with van der Waals surface area (Å²) in [4.78, 5) is 23.8. The molecule has 1 fully saturated rings. The highest BCUT2D eigenvalue weighted by atomic mass is 16.5. The van der Waals surface area contributed by atoms with Gasteiger partial charge in [-0.05, 0) is 41.7 Å². The number of amides is 2. The van der Waals surface area contributed by atoms with Crippen LogP contribution in [-0.4, -0.2) is 35.7 Å².